The van der Waals surface area contributed by atoms with Crippen LogP contribution in [0.15, 0.2) is 66.5 Å². The van der Waals surface area contributed by atoms with E-state index in [0.29, 0.717) is 23.5 Å². The van der Waals surface area contributed by atoms with Crippen molar-refractivity contribution in [2.75, 3.05) is 13.7 Å². The van der Waals surface area contributed by atoms with E-state index < -0.39 is 17.7 Å². The second-order valence-corrected chi connectivity index (χ2v) is 8.90. The average Bonchev–Trinajstić information content (AvgIpc) is 3.15. The van der Waals surface area contributed by atoms with Crippen LogP contribution in [0.3, 0.4) is 0 Å². The Kier molecular flexibility index (Phi) is 7.77. The Labute approximate surface area is 215 Å². The van der Waals surface area contributed by atoms with Crippen molar-refractivity contribution in [1.29, 1.82) is 0 Å². The highest BCUT2D eigenvalue weighted by Crippen LogP contribution is 2.42. The molecular formula is C29H30N2O6. The van der Waals surface area contributed by atoms with E-state index in [4.69, 9.17) is 9.47 Å². The van der Waals surface area contributed by atoms with Gasteiger partial charge in [0.25, 0.3) is 11.7 Å². The summed E-state index contributed by atoms with van der Waals surface area (Å²) in [6.45, 7) is 4.64. The zero-order valence-electron chi connectivity index (χ0n) is 21.1. The molecule has 0 unspecified atom stereocenters. The van der Waals surface area contributed by atoms with E-state index in [1.807, 2.05) is 6.92 Å². The fourth-order valence-corrected chi connectivity index (χ4v) is 4.38. The number of benzene rings is 2. The van der Waals surface area contributed by atoms with Gasteiger partial charge in [0.2, 0.25) is 0 Å². The van der Waals surface area contributed by atoms with Crippen molar-refractivity contribution in [3.63, 3.8) is 0 Å². The van der Waals surface area contributed by atoms with Gasteiger partial charge in [0, 0.05) is 24.5 Å². The molecule has 0 spiro atoms. The second kappa shape index (κ2) is 11.2. The number of Topliss-reactive ketones (excluding diaryl/α,β-unsaturated/α-hetero) is 1. The number of amides is 1. The molecule has 8 heteroatoms. The number of aliphatic hydroxyl groups is 1. The van der Waals surface area contributed by atoms with Gasteiger partial charge in [-0.1, -0.05) is 25.5 Å². The van der Waals surface area contributed by atoms with Gasteiger partial charge >= 0.3 is 0 Å². The first-order valence-electron chi connectivity index (χ1n) is 12.1. The van der Waals surface area contributed by atoms with E-state index in [2.05, 4.69) is 11.9 Å². The lowest BCUT2D eigenvalue weighted by atomic mass is 9.94. The number of ketones is 1. The summed E-state index contributed by atoms with van der Waals surface area (Å²) >= 11 is 0. The molecule has 192 valence electrons. The van der Waals surface area contributed by atoms with Crippen LogP contribution in [0.2, 0.25) is 0 Å². The van der Waals surface area contributed by atoms with Crippen molar-refractivity contribution < 1.29 is 29.3 Å². The number of rotatable bonds is 9. The number of likely N-dealkylation sites (tertiary alicyclic amines) is 1. The number of aromatic nitrogens is 1. The van der Waals surface area contributed by atoms with E-state index in [0.717, 1.165) is 24.0 Å². The molecule has 0 saturated carbocycles. The molecule has 2 N–H and O–H groups in total. The van der Waals surface area contributed by atoms with Gasteiger partial charge in [-0.15, -0.1) is 0 Å². The number of phenolic OH excluding ortho intramolecular Hbond substituents is 1. The number of carbonyl (C=O) groups is 2. The van der Waals surface area contributed by atoms with Gasteiger partial charge in [0.05, 0.1) is 25.3 Å². The molecule has 2 heterocycles. The number of hydrogen-bond acceptors (Lipinski definition) is 7. The summed E-state index contributed by atoms with van der Waals surface area (Å²) in [5.74, 6) is -1.01. The van der Waals surface area contributed by atoms with Gasteiger partial charge in [-0.3, -0.25) is 14.6 Å². The van der Waals surface area contributed by atoms with E-state index in [9.17, 15) is 19.8 Å². The number of pyridine rings is 1. The minimum absolute atomic E-state index is 0.0410. The molecule has 1 atom stereocenters. The number of aromatic hydroxyl groups is 1. The van der Waals surface area contributed by atoms with Crippen LogP contribution in [-0.4, -0.2) is 45.5 Å². The average molecular weight is 503 g/mol. The van der Waals surface area contributed by atoms with Crippen molar-refractivity contribution in [2.24, 2.45) is 0 Å². The minimum Gasteiger partial charge on any atom is -0.507 e. The molecule has 1 fully saturated rings. The van der Waals surface area contributed by atoms with Crippen molar-refractivity contribution in [2.45, 2.75) is 39.3 Å². The first-order valence-corrected chi connectivity index (χ1v) is 12.1. The summed E-state index contributed by atoms with van der Waals surface area (Å²) < 4.78 is 11.1. The maximum absolute atomic E-state index is 13.3. The monoisotopic (exact) mass is 502 g/mol. The van der Waals surface area contributed by atoms with Gasteiger partial charge in [-0.25, -0.2) is 0 Å². The molecule has 1 aliphatic rings. The molecule has 0 bridgehead atoms. The lowest BCUT2D eigenvalue weighted by molar-refractivity contribution is -0.140. The molecule has 37 heavy (non-hydrogen) atoms. The molecule has 1 amide bonds. The largest absolute Gasteiger partial charge is 0.507 e. The van der Waals surface area contributed by atoms with Crippen LogP contribution in [0.5, 0.6) is 17.2 Å². The third kappa shape index (κ3) is 5.28. The fraction of sp³-hybridized carbons (Fsp3) is 0.276. The zero-order chi connectivity index (χ0) is 26.5. The number of aryl methyl sites for hydroxylation is 1. The van der Waals surface area contributed by atoms with Crippen LogP contribution in [0.1, 0.15) is 48.1 Å². The third-order valence-corrected chi connectivity index (χ3v) is 6.34. The summed E-state index contributed by atoms with van der Waals surface area (Å²) in [6.07, 6.45) is 5.18. The predicted octanol–water partition coefficient (Wildman–Crippen LogP) is 4.91. The standard InChI is InChI=1S/C29H30N2O6/c1-4-5-13-37-23-11-9-21(14-18(23)2)27(33)25-26(20-8-10-22(32)24(15-20)36-3)31(29(35)28(25)34)17-19-7-6-12-30-16-19/h6-12,14-16,26,32-33H,4-5,13,17H2,1-3H3/b27-25+/t26-/m1/s1. The minimum atomic E-state index is -0.907. The van der Waals surface area contributed by atoms with Crippen LogP contribution < -0.4 is 9.47 Å². The van der Waals surface area contributed by atoms with E-state index >= 15 is 0 Å². The molecule has 2 aromatic carbocycles. The number of ether oxygens (including phenoxy) is 2. The quantitative estimate of drug-likeness (QED) is 0.185. The number of carbonyl (C=O) groups excluding carboxylic acids is 2. The molecule has 4 rings (SSSR count). The molecule has 8 nitrogen and oxygen atoms in total. The second-order valence-electron chi connectivity index (χ2n) is 8.90. The Morgan fingerprint density at radius 1 is 1.11 bits per heavy atom. The molecule has 1 aromatic heterocycles. The molecule has 0 radical (unpaired) electrons. The van der Waals surface area contributed by atoms with E-state index in [1.54, 1.807) is 54.9 Å². The van der Waals surface area contributed by atoms with E-state index in [1.165, 1.54) is 18.1 Å². The van der Waals surface area contributed by atoms with Crippen LogP contribution in [0.25, 0.3) is 5.76 Å². The lowest BCUT2D eigenvalue weighted by Crippen LogP contribution is -2.29. The van der Waals surface area contributed by atoms with Crippen LogP contribution in [0.4, 0.5) is 0 Å². The van der Waals surface area contributed by atoms with Gasteiger partial charge in [0.15, 0.2) is 11.5 Å². The molecule has 3 aromatic rings. The number of aliphatic hydroxyl groups excluding tert-OH is 1. The van der Waals surface area contributed by atoms with Gasteiger partial charge in [-0.05, 0) is 66.4 Å². The number of nitrogens with zero attached hydrogens (tertiary/aromatic N) is 2. The third-order valence-electron chi connectivity index (χ3n) is 6.34. The van der Waals surface area contributed by atoms with Gasteiger partial charge in [-0.2, -0.15) is 0 Å². The Morgan fingerprint density at radius 2 is 1.92 bits per heavy atom. The van der Waals surface area contributed by atoms with Crippen LogP contribution in [0, 0.1) is 6.92 Å². The maximum Gasteiger partial charge on any atom is 0.295 e. The zero-order valence-corrected chi connectivity index (χ0v) is 21.1. The van der Waals surface area contributed by atoms with Crippen LogP contribution >= 0.6 is 0 Å². The summed E-state index contributed by atoms with van der Waals surface area (Å²) in [6, 6.07) is 12.4. The molecular weight excluding hydrogens is 472 g/mol. The van der Waals surface area contributed by atoms with Gasteiger partial charge < -0.3 is 24.6 Å². The fourth-order valence-electron chi connectivity index (χ4n) is 4.38. The first kappa shape index (κ1) is 25.8. The van der Waals surface area contributed by atoms with Crippen molar-refractivity contribution in [3.05, 3.63) is 88.8 Å². The normalized spacial score (nSPS) is 16.7. The van der Waals surface area contributed by atoms with Crippen LogP contribution in [-0.2, 0) is 16.1 Å². The Hall–Kier alpha value is -4.33. The van der Waals surface area contributed by atoms with Crippen molar-refractivity contribution >= 4 is 17.4 Å². The highest BCUT2D eigenvalue weighted by Gasteiger charge is 2.46. The lowest BCUT2D eigenvalue weighted by Gasteiger charge is -2.26. The number of hydrogen-bond donors (Lipinski definition) is 2. The molecule has 1 aliphatic heterocycles. The Morgan fingerprint density at radius 3 is 2.59 bits per heavy atom. The summed E-state index contributed by atoms with van der Waals surface area (Å²) in [5.41, 5.74) is 2.39. The Balaban J connectivity index is 1.81. The highest BCUT2D eigenvalue weighted by molar-refractivity contribution is 6.46. The number of methoxy groups -OCH3 is 1. The smallest absolute Gasteiger partial charge is 0.295 e. The summed E-state index contributed by atoms with van der Waals surface area (Å²) in [7, 11) is 1.42. The number of phenols is 1. The van der Waals surface area contributed by atoms with Crippen molar-refractivity contribution in [3.8, 4) is 17.2 Å². The number of unbranched alkanes of at least 4 members (excludes halogenated alkanes) is 1. The highest BCUT2D eigenvalue weighted by atomic mass is 16.5. The first-order chi connectivity index (χ1) is 17.8. The summed E-state index contributed by atoms with van der Waals surface area (Å²) in [4.78, 5) is 32.1. The topological polar surface area (TPSA) is 109 Å². The van der Waals surface area contributed by atoms with Crippen molar-refractivity contribution in [1.82, 2.24) is 9.88 Å². The van der Waals surface area contributed by atoms with Gasteiger partial charge in [0.1, 0.15) is 11.5 Å². The maximum atomic E-state index is 13.3. The molecule has 1 saturated heterocycles. The SMILES string of the molecule is CCCCOc1ccc(/C(O)=C2\C(=O)C(=O)N(Cc3cccnc3)[C@@H]2c2ccc(O)c(OC)c2)cc1C. The Bertz CT molecular complexity index is 1340. The predicted molar refractivity (Wildman–Crippen MR) is 138 cm³/mol. The van der Waals surface area contributed by atoms with E-state index in [-0.39, 0.29) is 29.4 Å². The molecule has 0 aliphatic carbocycles. The summed E-state index contributed by atoms with van der Waals surface area (Å²) in [5, 5.41) is 21.5.